The van der Waals surface area contributed by atoms with E-state index < -0.39 is 6.17 Å². The predicted octanol–water partition coefficient (Wildman–Crippen LogP) is 3.79. The molecule has 2 atom stereocenters. The number of aryl methyl sites for hydroxylation is 1. The van der Waals surface area contributed by atoms with Gasteiger partial charge in [-0.05, 0) is 13.0 Å². The quantitative estimate of drug-likeness (QED) is 0.889. The van der Waals surface area contributed by atoms with Crippen LogP contribution < -0.4 is 10.6 Å². The highest BCUT2D eigenvalue weighted by atomic mass is 35.5. The van der Waals surface area contributed by atoms with Crippen LogP contribution in [-0.4, -0.2) is 23.6 Å². The van der Waals surface area contributed by atoms with E-state index in [2.05, 4.69) is 15.6 Å². The molecular weight excluding hydrogens is 333 g/mol. The summed E-state index contributed by atoms with van der Waals surface area (Å²) in [5.41, 5.74) is 0.602. The number of hydrogen-bond donors (Lipinski definition) is 2. The molecule has 2 aromatic heterocycles. The Balaban J connectivity index is 1.76. The molecule has 0 saturated carbocycles. The van der Waals surface area contributed by atoms with Crippen molar-refractivity contribution < 1.29 is 9.18 Å². The maximum atomic E-state index is 13.3. The van der Waals surface area contributed by atoms with E-state index in [-0.39, 0.29) is 11.9 Å². The van der Waals surface area contributed by atoms with Crippen LogP contribution >= 0.6 is 34.3 Å². The molecule has 0 aliphatic carbocycles. The average Bonchev–Trinajstić information content (AvgIpc) is 3.11. The van der Waals surface area contributed by atoms with Crippen LogP contribution in [0.5, 0.6) is 0 Å². The molecule has 2 aromatic rings. The highest BCUT2D eigenvalue weighted by molar-refractivity contribution is 7.19. The van der Waals surface area contributed by atoms with E-state index in [1.807, 2.05) is 13.0 Å². The van der Waals surface area contributed by atoms with Gasteiger partial charge in [-0.1, -0.05) is 22.9 Å². The fourth-order valence-electron chi connectivity index (χ4n) is 2.29. The molecular formula is C13H13ClFN3OS2. The number of alkyl halides is 1. The van der Waals surface area contributed by atoms with Crippen LogP contribution in [0.1, 0.15) is 32.6 Å². The number of thiophene rings is 1. The van der Waals surface area contributed by atoms with Crippen molar-refractivity contribution >= 4 is 45.3 Å². The van der Waals surface area contributed by atoms with Crippen molar-refractivity contribution in [3.05, 3.63) is 31.9 Å². The van der Waals surface area contributed by atoms with Crippen LogP contribution in [-0.2, 0) is 0 Å². The molecule has 1 amide bonds. The summed E-state index contributed by atoms with van der Waals surface area (Å²) in [6.07, 6.45) is 1.15. The number of nitrogens with one attached hydrogen (secondary N) is 2. The summed E-state index contributed by atoms with van der Waals surface area (Å²) in [4.78, 5) is 18.2. The molecule has 1 unspecified atom stereocenters. The molecule has 112 valence electrons. The molecule has 1 saturated heterocycles. The van der Waals surface area contributed by atoms with E-state index in [9.17, 15) is 9.18 Å². The summed E-state index contributed by atoms with van der Waals surface area (Å²) in [5, 5.41) is 6.33. The largest absolute Gasteiger partial charge is 0.306 e. The van der Waals surface area contributed by atoms with Gasteiger partial charge >= 0.3 is 0 Å². The van der Waals surface area contributed by atoms with Crippen LogP contribution in [0.4, 0.5) is 9.52 Å². The second-order valence-corrected chi connectivity index (χ2v) is 7.79. The maximum Gasteiger partial charge on any atom is 0.258 e. The number of halogens is 2. The van der Waals surface area contributed by atoms with Gasteiger partial charge in [-0.3, -0.25) is 10.1 Å². The molecule has 8 heteroatoms. The standard InChI is InChI=1S/C13H13ClFN3OS2/c1-6-8(12(19)18-13-17-5-11(14)21-13)3-10(20-6)9-2-7(15)4-16-9/h3,5,7,9,16H,2,4H2,1H3,(H,17,18,19)/t7-,9?/m1/s1. The number of nitrogens with zero attached hydrogens (tertiary/aromatic N) is 1. The van der Waals surface area contributed by atoms with Crippen LogP contribution in [0.25, 0.3) is 0 Å². The fourth-order valence-corrected chi connectivity index (χ4v) is 4.21. The maximum absolute atomic E-state index is 13.3. The molecule has 0 aromatic carbocycles. The number of anilines is 1. The zero-order chi connectivity index (χ0) is 15.0. The Hall–Kier alpha value is -1.02. The van der Waals surface area contributed by atoms with Gasteiger partial charge < -0.3 is 5.32 Å². The number of rotatable bonds is 3. The monoisotopic (exact) mass is 345 g/mol. The SMILES string of the molecule is Cc1sc(C2C[C@@H](F)CN2)cc1C(=O)Nc1ncc(Cl)s1. The third-order valence-corrected chi connectivity index (χ3v) is 5.49. The predicted molar refractivity (Wildman–Crippen MR) is 84.4 cm³/mol. The van der Waals surface area contributed by atoms with Gasteiger partial charge in [0.2, 0.25) is 0 Å². The number of amides is 1. The van der Waals surface area contributed by atoms with Crippen molar-refractivity contribution in [3.8, 4) is 0 Å². The Labute approximate surface area is 134 Å². The van der Waals surface area contributed by atoms with Gasteiger partial charge in [-0.2, -0.15) is 0 Å². The van der Waals surface area contributed by atoms with Crippen LogP contribution in [0.15, 0.2) is 12.3 Å². The molecule has 3 rings (SSSR count). The summed E-state index contributed by atoms with van der Waals surface area (Å²) in [5.74, 6) is -0.212. The Morgan fingerprint density at radius 3 is 3.00 bits per heavy atom. The first-order valence-electron chi connectivity index (χ1n) is 6.43. The second-order valence-electron chi connectivity index (χ2n) is 4.84. The Morgan fingerprint density at radius 1 is 1.57 bits per heavy atom. The van der Waals surface area contributed by atoms with Crippen LogP contribution in [0.2, 0.25) is 4.34 Å². The minimum absolute atomic E-state index is 0.000410. The normalized spacial score (nSPS) is 21.7. The summed E-state index contributed by atoms with van der Waals surface area (Å²) >= 11 is 8.53. The van der Waals surface area contributed by atoms with E-state index in [1.165, 1.54) is 28.9 Å². The van der Waals surface area contributed by atoms with E-state index in [0.29, 0.717) is 28.0 Å². The van der Waals surface area contributed by atoms with Gasteiger partial charge in [0, 0.05) is 28.8 Å². The first-order valence-corrected chi connectivity index (χ1v) is 8.44. The molecule has 1 aliphatic rings. The molecule has 1 aliphatic heterocycles. The number of aromatic nitrogens is 1. The van der Waals surface area contributed by atoms with Crippen molar-refractivity contribution in [1.29, 1.82) is 0 Å². The Bertz CT molecular complexity index is 672. The van der Waals surface area contributed by atoms with Crippen LogP contribution in [0.3, 0.4) is 0 Å². The molecule has 21 heavy (non-hydrogen) atoms. The minimum atomic E-state index is -0.813. The van der Waals surface area contributed by atoms with Gasteiger partial charge in [0.05, 0.1) is 11.8 Å². The van der Waals surface area contributed by atoms with Crippen molar-refractivity contribution in [2.24, 2.45) is 0 Å². The van der Waals surface area contributed by atoms with Gasteiger partial charge in [0.15, 0.2) is 5.13 Å². The van der Waals surface area contributed by atoms with E-state index in [0.717, 1.165) is 9.75 Å². The lowest BCUT2D eigenvalue weighted by Gasteiger charge is -2.05. The summed E-state index contributed by atoms with van der Waals surface area (Å²) in [7, 11) is 0. The molecule has 0 spiro atoms. The zero-order valence-electron chi connectivity index (χ0n) is 11.2. The van der Waals surface area contributed by atoms with Crippen LogP contribution in [0, 0.1) is 6.92 Å². The molecule has 1 fully saturated rings. The summed E-state index contributed by atoms with van der Waals surface area (Å²) < 4.78 is 13.8. The van der Waals surface area contributed by atoms with Gasteiger partial charge in [-0.25, -0.2) is 9.37 Å². The lowest BCUT2D eigenvalue weighted by Crippen LogP contribution is -2.13. The van der Waals surface area contributed by atoms with Crippen molar-refractivity contribution in [2.75, 3.05) is 11.9 Å². The van der Waals surface area contributed by atoms with Crippen molar-refractivity contribution in [2.45, 2.75) is 25.6 Å². The lowest BCUT2D eigenvalue weighted by atomic mass is 10.1. The third kappa shape index (κ3) is 3.26. The fraction of sp³-hybridized carbons (Fsp3) is 0.385. The first kappa shape index (κ1) is 14.9. The summed E-state index contributed by atoms with van der Waals surface area (Å²) in [6.45, 7) is 2.26. The number of hydrogen-bond acceptors (Lipinski definition) is 5. The van der Waals surface area contributed by atoms with Crippen molar-refractivity contribution in [1.82, 2.24) is 10.3 Å². The zero-order valence-corrected chi connectivity index (χ0v) is 13.5. The smallest absolute Gasteiger partial charge is 0.258 e. The van der Waals surface area contributed by atoms with Gasteiger partial charge in [0.25, 0.3) is 5.91 Å². The number of thiazole rings is 1. The highest BCUT2D eigenvalue weighted by Gasteiger charge is 2.27. The summed E-state index contributed by atoms with van der Waals surface area (Å²) in [6, 6.07) is 1.83. The molecule has 0 radical (unpaired) electrons. The topological polar surface area (TPSA) is 54.0 Å². The second kappa shape index (κ2) is 6.00. The Kier molecular flexibility index (Phi) is 4.26. The number of carbonyl (C=O) groups excluding carboxylic acids is 1. The minimum Gasteiger partial charge on any atom is -0.306 e. The average molecular weight is 346 g/mol. The number of carbonyl (C=O) groups is 1. The molecule has 0 bridgehead atoms. The Morgan fingerprint density at radius 2 is 2.38 bits per heavy atom. The molecule has 3 heterocycles. The van der Waals surface area contributed by atoms with Gasteiger partial charge in [-0.15, -0.1) is 11.3 Å². The molecule has 2 N–H and O–H groups in total. The molecule has 4 nitrogen and oxygen atoms in total. The highest BCUT2D eigenvalue weighted by Crippen LogP contribution is 2.33. The van der Waals surface area contributed by atoms with E-state index in [1.54, 1.807) is 0 Å². The van der Waals surface area contributed by atoms with Crippen molar-refractivity contribution in [3.63, 3.8) is 0 Å². The van der Waals surface area contributed by atoms with E-state index >= 15 is 0 Å². The lowest BCUT2D eigenvalue weighted by molar-refractivity contribution is 0.102. The van der Waals surface area contributed by atoms with Gasteiger partial charge in [0.1, 0.15) is 10.5 Å². The first-order chi connectivity index (χ1) is 10.0. The third-order valence-electron chi connectivity index (χ3n) is 3.30. The van der Waals surface area contributed by atoms with E-state index in [4.69, 9.17) is 11.6 Å².